The molecule has 7 nitrogen and oxygen atoms in total. The summed E-state index contributed by atoms with van der Waals surface area (Å²) in [5, 5.41) is 17.1. The first-order valence-corrected chi connectivity index (χ1v) is 9.23. The number of hydrogen-bond donors (Lipinski definition) is 2. The van der Waals surface area contributed by atoms with Crippen molar-refractivity contribution in [1.29, 1.82) is 0 Å². The number of nitrogens with zero attached hydrogens (tertiary/aromatic N) is 2. The Balaban J connectivity index is 0.00000364. The van der Waals surface area contributed by atoms with E-state index in [-0.39, 0.29) is 36.9 Å². The van der Waals surface area contributed by atoms with Gasteiger partial charge in [0.2, 0.25) is 0 Å². The van der Waals surface area contributed by atoms with Gasteiger partial charge in [-0.05, 0) is 69.1 Å². The Kier molecular flexibility index (Phi) is 9.11. The molecule has 27 heavy (non-hydrogen) atoms. The van der Waals surface area contributed by atoms with E-state index in [0.717, 1.165) is 17.1 Å². The highest BCUT2D eigenvalue weighted by atomic mass is 35.5. The lowest BCUT2D eigenvalue weighted by atomic mass is 10.1. The summed E-state index contributed by atoms with van der Waals surface area (Å²) in [7, 11) is 0. The Hall–Kier alpha value is -1.74. The second-order valence-corrected chi connectivity index (χ2v) is 7.55. The molecule has 2 aromatic rings. The van der Waals surface area contributed by atoms with Crippen molar-refractivity contribution in [2.24, 2.45) is 0 Å². The molecule has 1 atom stereocenters. The Morgan fingerprint density at radius 2 is 1.96 bits per heavy atom. The van der Waals surface area contributed by atoms with Gasteiger partial charge in [-0.2, -0.15) is 0 Å². The maximum absolute atomic E-state index is 11.9. The van der Waals surface area contributed by atoms with Crippen LogP contribution in [0.1, 0.15) is 38.2 Å². The number of ether oxygens (including phenoxy) is 2. The summed E-state index contributed by atoms with van der Waals surface area (Å²) in [4.78, 5) is 12.6. The maximum atomic E-state index is 11.9. The van der Waals surface area contributed by atoms with Crippen molar-refractivity contribution in [2.45, 2.75) is 39.3 Å². The number of halogens is 1. The fourth-order valence-corrected chi connectivity index (χ4v) is 2.75. The number of benzene rings is 1. The van der Waals surface area contributed by atoms with Gasteiger partial charge in [0, 0.05) is 12.1 Å². The molecule has 0 spiro atoms. The van der Waals surface area contributed by atoms with E-state index < -0.39 is 12.1 Å². The lowest BCUT2D eigenvalue weighted by Gasteiger charge is -2.22. The Morgan fingerprint density at radius 3 is 2.56 bits per heavy atom. The average molecular weight is 416 g/mol. The largest absolute Gasteiger partial charge is 0.491 e. The van der Waals surface area contributed by atoms with Crippen LogP contribution >= 0.6 is 23.9 Å². The summed E-state index contributed by atoms with van der Waals surface area (Å²) < 4.78 is 14.4. The number of β-amino-alcohol motifs (C(OH)–C–C–N with tert-alkyl or cyclic N) is 1. The topological polar surface area (TPSA) is 93.6 Å². The molecule has 1 aromatic carbocycles. The monoisotopic (exact) mass is 415 g/mol. The lowest BCUT2D eigenvalue weighted by molar-refractivity contribution is 0.0520. The minimum Gasteiger partial charge on any atom is -0.491 e. The number of nitrogens with one attached hydrogen (secondary N) is 1. The molecule has 0 fully saturated rings. The molecule has 1 heterocycles. The third-order valence-corrected chi connectivity index (χ3v) is 4.16. The van der Waals surface area contributed by atoms with Crippen LogP contribution in [0.15, 0.2) is 24.3 Å². The van der Waals surface area contributed by atoms with E-state index >= 15 is 0 Å². The molecule has 0 aliphatic carbocycles. The van der Waals surface area contributed by atoms with E-state index in [1.54, 1.807) is 19.1 Å². The van der Waals surface area contributed by atoms with Gasteiger partial charge < -0.3 is 19.9 Å². The van der Waals surface area contributed by atoms with Crippen LogP contribution in [0.2, 0.25) is 0 Å². The first-order chi connectivity index (χ1) is 12.3. The molecule has 0 saturated heterocycles. The summed E-state index contributed by atoms with van der Waals surface area (Å²) in [5.41, 5.74) is 0.974. The Bertz CT molecular complexity index is 716. The van der Waals surface area contributed by atoms with Crippen LogP contribution in [0.5, 0.6) is 5.75 Å². The second kappa shape index (κ2) is 10.6. The highest BCUT2D eigenvalue weighted by Gasteiger charge is 2.19. The predicted octanol–water partition coefficient (Wildman–Crippen LogP) is 2.93. The standard InChI is InChI=1S/C18H25N3O4S.ClH/c1-5-24-17(23)15-16(26-21-20-15)12-6-8-14(9-7-12)25-11-13(22)10-19-18(2,3)4;/h6-9,13,19,22H,5,10-11H2,1-4H3;1H. The number of aromatic nitrogens is 2. The number of hydrogen-bond acceptors (Lipinski definition) is 8. The average Bonchev–Trinajstić information content (AvgIpc) is 3.08. The fraction of sp³-hybridized carbons (Fsp3) is 0.500. The number of aliphatic hydroxyl groups excluding tert-OH is 1. The van der Waals surface area contributed by atoms with E-state index in [0.29, 0.717) is 17.2 Å². The van der Waals surface area contributed by atoms with Crippen molar-refractivity contribution in [3.63, 3.8) is 0 Å². The number of carbonyl (C=O) groups excluding carboxylic acids is 1. The van der Waals surface area contributed by atoms with Gasteiger partial charge in [0.15, 0.2) is 5.69 Å². The molecule has 0 amide bonds. The van der Waals surface area contributed by atoms with Crippen LogP contribution in [0.25, 0.3) is 10.4 Å². The summed E-state index contributed by atoms with van der Waals surface area (Å²) in [6.45, 7) is 8.80. The van der Waals surface area contributed by atoms with Crippen molar-refractivity contribution in [2.75, 3.05) is 19.8 Å². The van der Waals surface area contributed by atoms with Gasteiger partial charge >= 0.3 is 5.97 Å². The molecule has 0 bridgehead atoms. The summed E-state index contributed by atoms with van der Waals surface area (Å²) in [5.74, 6) is 0.157. The van der Waals surface area contributed by atoms with Crippen LogP contribution in [0.3, 0.4) is 0 Å². The quantitative estimate of drug-likeness (QED) is 0.640. The molecule has 2 N–H and O–H groups in total. The van der Waals surface area contributed by atoms with Crippen molar-refractivity contribution in [3.8, 4) is 16.2 Å². The van der Waals surface area contributed by atoms with E-state index in [2.05, 4.69) is 14.9 Å². The number of carbonyl (C=O) groups is 1. The predicted molar refractivity (Wildman–Crippen MR) is 108 cm³/mol. The first-order valence-electron chi connectivity index (χ1n) is 8.46. The van der Waals surface area contributed by atoms with E-state index in [4.69, 9.17) is 9.47 Å². The molecular formula is C18H26ClN3O4S. The minimum atomic E-state index is -0.602. The molecule has 0 aliphatic heterocycles. The maximum Gasteiger partial charge on any atom is 0.360 e. The van der Waals surface area contributed by atoms with E-state index in [1.807, 2.05) is 32.9 Å². The molecule has 0 aliphatic rings. The summed E-state index contributed by atoms with van der Waals surface area (Å²) >= 11 is 1.14. The number of esters is 1. The molecular weight excluding hydrogens is 390 g/mol. The third kappa shape index (κ3) is 7.42. The fourth-order valence-electron chi connectivity index (χ4n) is 2.09. The van der Waals surface area contributed by atoms with Crippen LogP contribution in [-0.4, -0.2) is 52.1 Å². The van der Waals surface area contributed by atoms with Gasteiger partial charge in [-0.1, -0.05) is 4.49 Å². The highest BCUT2D eigenvalue weighted by Crippen LogP contribution is 2.28. The first kappa shape index (κ1) is 23.3. The third-order valence-electron chi connectivity index (χ3n) is 3.38. The molecule has 9 heteroatoms. The number of rotatable bonds is 8. The van der Waals surface area contributed by atoms with Crippen LogP contribution in [0.4, 0.5) is 0 Å². The lowest BCUT2D eigenvalue weighted by Crippen LogP contribution is -2.42. The normalized spacial score (nSPS) is 12.2. The van der Waals surface area contributed by atoms with Crippen LogP contribution in [0, 0.1) is 0 Å². The molecule has 150 valence electrons. The Morgan fingerprint density at radius 1 is 1.30 bits per heavy atom. The SMILES string of the molecule is CCOC(=O)c1nnsc1-c1ccc(OCC(O)CNC(C)(C)C)cc1.Cl. The van der Waals surface area contributed by atoms with Gasteiger partial charge in [-0.15, -0.1) is 17.5 Å². The summed E-state index contributed by atoms with van der Waals surface area (Å²) in [6, 6.07) is 7.22. The van der Waals surface area contributed by atoms with E-state index in [1.165, 1.54) is 0 Å². The summed E-state index contributed by atoms with van der Waals surface area (Å²) in [6.07, 6.45) is -0.602. The van der Waals surface area contributed by atoms with Gasteiger partial charge in [0.05, 0.1) is 11.5 Å². The Labute approximate surface area is 169 Å². The van der Waals surface area contributed by atoms with Gasteiger partial charge in [-0.3, -0.25) is 0 Å². The molecule has 0 saturated carbocycles. The van der Waals surface area contributed by atoms with Crippen LogP contribution in [-0.2, 0) is 4.74 Å². The van der Waals surface area contributed by atoms with Crippen molar-refractivity contribution in [1.82, 2.24) is 14.9 Å². The second-order valence-electron chi connectivity index (χ2n) is 6.79. The molecule has 1 aromatic heterocycles. The highest BCUT2D eigenvalue weighted by molar-refractivity contribution is 7.09. The van der Waals surface area contributed by atoms with Crippen molar-refractivity contribution < 1.29 is 19.4 Å². The smallest absolute Gasteiger partial charge is 0.360 e. The van der Waals surface area contributed by atoms with Crippen LogP contribution < -0.4 is 10.1 Å². The molecule has 2 rings (SSSR count). The zero-order valence-electron chi connectivity index (χ0n) is 15.9. The van der Waals surface area contributed by atoms with Crippen molar-refractivity contribution in [3.05, 3.63) is 30.0 Å². The zero-order valence-corrected chi connectivity index (χ0v) is 17.5. The number of aliphatic hydroxyl groups is 1. The van der Waals surface area contributed by atoms with E-state index in [9.17, 15) is 9.90 Å². The van der Waals surface area contributed by atoms with Gasteiger partial charge in [-0.25, -0.2) is 4.79 Å². The van der Waals surface area contributed by atoms with Gasteiger partial charge in [0.25, 0.3) is 0 Å². The zero-order chi connectivity index (χ0) is 19.2. The minimum absolute atomic E-state index is 0. The van der Waals surface area contributed by atoms with Gasteiger partial charge in [0.1, 0.15) is 18.5 Å². The molecule has 1 unspecified atom stereocenters. The molecule has 0 radical (unpaired) electrons. The van der Waals surface area contributed by atoms with Crippen molar-refractivity contribution >= 4 is 29.9 Å².